The Morgan fingerprint density at radius 3 is 2.68 bits per heavy atom. The van der Waals surface area contributed by atoms with Gasteiger partial charge in [-0.15, -0.1) is 0 Å². The largest absolute Gasteiger partial charge is 0.379 e. The van der Waals surface area contributed by atoms with Crippen LogP contribution in [-0.4, -0.2) is 10.9 Å². The van der Waals surface area contributed by atoms with Crippen molar-refractivity contribution < 1.29 is 4.39 Å². The summed E-state index contributed by atoms with van der Waals surface area (Å²) in [6.07, 6.45) is 5.36. The fraction of sp³-hybridized carbons (Fsp3) is 0.400. The molecular weight excluding hydrogens is 259 g/mol. The van der Waals surface area contributed by atoms with Crippen molar-refractivity contribution in [3.63, 3.8) is 0 Å². The van der Waals surface area contributed by atoms with E-state index in [0.29, 0.717) is 5.75 Å². The minimum Gasteiger partial charge on any atom is -0.379 e. The highest BCUT2D eigenvalue weighted by atomic mass is 32.2. The number of rotatable bonds is 3. The first kappa shape index (κ1) is 14.1. The molecule has 0 radical (unpaired) electrons. The molecule has 0 spiro atoms. The molecule has 0 atom stereocenters. The van der Waals surface area contributed by atoms with Crippen LogP contribution in [0.2, 0.25) is 0 Å². The van der Waals surface area contributed by atoms with Crippen LogP contribution in [0.25, 0.3) is 5.57 Å². The van der Waals surface area contributed by atoms with Crippen LogP contribution in [0.3, 0.4) is 0 Å². The molecule has 0 amide bonds. The van der Waals surface area contributed by atoms with Gasteiger partial charge in [0.2, 0.25) is 0 Å². The van der Waals surface area contributed by atoms with Gasteiger partial charge in [-0.1, -0.05) is 42.0 Å². The fourth-order valence-electron chi connectivity index (χ4n) is 2.50. The minimum absolute atomic E-state index is 0.129. The SMILES string of the molecule is N=C(N)SCC1=C(c2ccccc2F)CCCCC1. The molecule has 1 aliphatic rings. The third-order valence-electron chi connectivity index (χ3n) is 3.43. The number of halogens is 1. The summed E-state index contributed by atoms with van der Waals surface area (Å²) < 4.78 is 14.0. The molecule has 102 valence electrons. The molecular formula is C15H19FN2S. The summed E-state index contributed by atoms with van der Waals surface area (Å²) in [6.45, 7) is 0. The zero-order chi connectivity index (χ0) is 13.7. The summed E-state index contributed by atoms with van der Waals surface area (Å²) in [7, 11) is 0. The van der Waals surface area contributed by atoms with Gasteiger partial charge in [-0.25, -0.2) is 4.39 Å². The van der Waals surface area contributed by atoms with Crippen LogP contribution in [0.5, 0.6) is 0 Å². The van der Waals surface area contributed by atoms with E-state index in [4.69, 9.17) is 11.1 Å². The lowest BCUT2D eigenvalue weighted by Crippen LogP contribution is -2.06. The van der Waals surface area contributed by atoms with E-state index in [2.05, 4.69) is 0 Å². The van der Waals surface area contributed by atoms with E-state index in [0.717, 1.165) is 36.8 Å². The molecule has 1 aromatic rings. The van der Waals surface area contributed by atoms with Gasteiger partial charge in [-0.2, -0.15) is 0 Å². The third kappa shape index (κ3) is 3.83. The topological polar surface area (TPSA) is 49.9 Å². The van der Waals surface area contributed by atoms with Gasteiger partial charge in [-0.3, -0.25) is 5.41 Å². The Morgan fingerprint density at radius 1 is 1.21 bits per heavy atom. The first-order valence-electron chi connectivity index (χ1n) is 6.61. The number of amidine groups is 1. The van der Waals surface area contributed by atoms with E-state index in [-0.39, 0.29) is 11.0 Å². The molecule has 1 aromatic carbocycles. The number of nitrogens with one attached hydrogen (secondary N) is 1. The van der Waals surface area contributed by atoms with Crippen molar-refractivity contribution in [2.45, 2.75) is 32.1 Å². The predicted molar refractivity (Wildman–Crippen MR) is 80.8 cm³/mol. The van der Waals surface area contributed by atoms with Crippen LogP contribution < -0.4 is 5.73 Å². The van der Waals surface area contributed by atoms with E-state index in [1.54, 1.807) is 6.07 Å². The molecule has 3 N–H and O–H groups in total. The van der Waals surface area contributed by atoms with E-state index >= 15 is 0 Å². The zero-order valence-corrected chi connectivity index (χ0v) is 11.7. The van der Waals surface area contributed by atoms with Crippen molar-refractivity contribution in [2.75, 3.05) is 5.75 Å². The molecule has 2 nitrogen and oxygen atoms in total. The molecule has 0 saturated carbocycles. The van der Waals surface area contributed by atoms with Gasteiger partial charge in [-0.05, 0) is 37.3 Å². The molecule has 2 rings (SSSR count). The van der Waals surface area contributed by atoms with E-state index in [9.17, 15) is 4.39 Å². The number of hydrogen-bond acceptors (Lipinski definition) is 2. The van der Waals surface area contributed by atoms with Gasteiger partial charge in [0.15, 0.2) is 5.17 Å². The van der Waals surface area contributed by atoms with Crippen LogP contribution in [-0.2, 0) is 0 Å². The average molecular weight is 278 g/mol. The Balaban J connectivity index is 2.33. The summed E-state index contributed by atoms with van der Waals surface area (Å²) in [5.74, 6) is 0.559. The normalized spacial score (nSPS) is 16.3. The maximum atomic E-state index is 14.0. The van der Waals surface area contributed by atoms with Gasteiger partial charge in [0.25, 0.3) is 0 Å². The summed E-state index contributed by atoms with van der Waals surface area (Å²) in [4.78, 5) is 0. The number of benzene rings is 1. The zero-order valence-electron chi connectivity index (χ0n) is 10.9. The summed E-state index contributed by atoms with van der Waals surface area (Å²) in [5.41, 5.74) is 8.52. The van der Waals surface area contributed by atoms with Crippen molar-refractivity contribution in [3.8, 4) is 0 Å². The van der Waals surface area contributed by atoms with E-state index in [1.807, 2.05) is 12.1 Å². The highest BCUT2D eigenvalue weighted by Crippen LogP contribution is 2.34. The maximum absolute atomic E-state index is 14.0. The molecule has 4 heteroatoms. The average Bonchev–Trinajstić information content (AvgIpc) is 2.62. The second-order valence-electron chi connectivity index (χ2n) is 4.78. The number of nitrogens with two attached hydrogens (primary N) is 1. The van der Waals surface area contributed by atoms with Crippen LogP contribution in [0.15, 0.2) is 29.8 Å². The first-order valence-corrected chi connectivity index (χ1v) is 7.59. The van der Waals surface area contributed by atoms with Crippen molar-refractivity contribution in [3.05, 3.63) is 41.2 Å². The number of hydrogen-bond donors (Lipinski definition) is 2. The van der Waals surface area contributed by atoms with Gasteiger partial charge in [0.1, 0.15) is 5.82 Å². The lowest BCUT2D eigenvalue weighted by atomic mass is 9.96. The van der Waals surface area contributed by atoms with Crippen LogP contribution in [0.1, 0.15) is 37.7 Å². The molecule has 0 aromatic heterocycles. The molecule has 0 heterocycles. The molecule has 0 unspecified atom stereocenters. The summed E-state index contributed by atoms with van der Waals surface area (Å²) in [5, 5.41) is 7.45. The van der Waals surface area contributed by atoms with Gasteiger partial charge < -0.3 is 5.73 Å². The summed E-state index contributed by atoms with van der Waals surface area (Å²) >= 11 is 1.33. The third-order valence-corrected chi connectivity index (χ3v) is 4.24. The number of thioether (sulfide) groups is 1. The van der Waals surface area contributed by atoms with Crippen LogP contribution >= 0.6 is 11.8 Å². The predicted octanol–water partition coefficient (Wildman–Crippen LogP) is 4.17. The van der Waals surface area contributed by atoms with Crippen LogP contribution in [0.4, 0.5) is 4.39 Å². The quantitative estimate of drug-likeness (QED) is 0.644. The van der Waals surface area contributed by atoms with Crippen molar-refractivity contribution in [1.82, 2.24) is 0 Å². The Bertz CT molecular complexity index is 497. The van der Waals surface area contributed by atoms with E-state index in [1.165, 1.54) is 29.8 Å². The second kappa shape index (κ2) is 6.75. The van der Waals surface area contributed by atoms with Crippen LogP contribution in [0, 0.1) is 11.2 Å². The minimum atomic E-state index is -0.148. The van der Waals surface area contributed by atoms with Gasteiger partial charge >= 0.3 is 0 Å². The lowest BCUT2D eigenvalue weighted by molar-refractivity contribution is 0.622. The van der Waals surface area contributed by atoms with Crippen molar-refractivity contribution in [1.29, 1.82) is 5.41 Å². The van der Waals surface area contributed by atoms with Crippen molar-refractivity contribution in [2.24, 2.45) is 5.73 Å². The highest BCUT2D eigenvalue weighted by Gasteiger charge is 2.16. The van der Waals surface area contributed by atoms with E-state index < -0.39 is 0 Å². The fourth-order valence-corrected chi connectivity index (χ4v) is 3.15. The Kier molecular flexibility index (Phi) is 5.02. The second-order valence-corrected chi connectivity index (χ2v) is 5.79. The highest BCUT2D eigenvalue weighted by molar-refractivity contribution is 8.13. The Morgan fingerprint density at radius 2 is 1.95 bits per heavy atom. The molecule has 0 saturated heterocycles. The Labute approximate surface area is 117 Å². The maximum Gasteiger partial charge on any atom is 0.151 e. The summed E-state index contributed by atoms with van der Waals surface area (Å²) in [6, 6.07) is 6.98. The standard InChI is InChI=1S/C15H19FN2S/c16-14-9-5-4-8-13(14)12-7-3-1-2-6-11(12)10-19-15(17)18/h4-5,8-9H,1-3,6-7,10H2,(H3,17,18). The molecule has 19 heavy (non-hydrogen) atoms. The van der Waals surface area contributed by atoms with Gasteiger partial charge in [0.05, 0.1) is 0 Å². The molecule has 1 aliphatic carbocycles. The lowest BCUT2D eigenvalue weighted by Gasteiger charge is -2.13. The van der Waals surface area contributed by atoms with Gasteiger partial charge in [0, 0.05) is 11.3 Å². The van der Waals surface area contributed by atoms with Crippen molar-refractivity contribution >= 4 is 22.5 Å². The first-order chi connectivity index (χ1) is 9.18. The monoisotopic (exact) mass is 278 g/mol. The molecule has 0 fully saturated rings. The molecule has 0 bridgehead atoms. The molecule has 0 aliphatic heterocycles. The Hall–Kier alpha value is -1.29. The smallest absolute Gasteiger partial charge is 0.151 e. The number of allylic oxidation sites excluding steroid dienone is 1.